The standard InChI is InChI=1S/C19H15NO2.C13H10ClNO2/c1-22-19(21)17-10-9-15(14-6-3-2-4-7-14)12-18(17)16-8-5-11-20-13-16;1-17-13(16)11-5-4-10(14)7-12(11)9-3-2-6-15-8-9/h2-13H,1H3;2-8H,1H3. The van der Waals surface area contributed by atoms with E-state index in [1.165, 1.54) is 14.2 Å². The Hall–Kier alpha value is -4.81. The van der Waals surface area contributed by atoms with Crippen molar-refractivity contribution in [1.29, 1.82) is 0 Å². The van der Waals surface area contributed by atoms with Gasteiger partial charge in [-0.1, -0.05) is 60.1 Å². The maximum Gasteiger partial charge on any atom is 0.338 e. The molecule has 5 rings (SSSR count). The Morgan fingerprint density at radius 1 is 0.590 bits per heavy atom. The highest BCUT2D eigenvalue weighted by molar-refractivity contribution is 6.31. The third kappa shape index (κ3) is 6.74. The molecule has 3 aromatic carbocycles. The zero-order chi connectivity index (χ0) is 27.6. The summed E-state index contributed by atoms with van der Waals surface area (Å²) < 4.78 is 9.62. The van der Waals surface area contributed by atoms with Crippen LogP contribution in [-0.4, -0.2) is 36.1 Å². The van der Waals surface area contributed by atoms with E-state index in [1.54, 1.807) is 55.1 Å². The van der Waals surface area contributed by atoms with Crippen LogP contribution < -0.4 is 0 Å². The molecule has 0 N–H and O–H groups in total. The number of methoxy groups -OCH3 is 2. The predicted octanol–water partition coefficient (Wildman–Crippen LogP) is 7.39. The van der Waals surface area contributed by atoms with Crippen molar-refractivity contribution in [2.75, 3.05) is 14.2 Å². The van der Waals surface area contributed by atoms with Crippen molar-refractivity contribution in [3.63, 3.8) is 0 Å². The first-order valence-corrected chi connectivity index (χ1v) is 12.4. The number of aromatic nitrogens is 2. The first kappa shape index (κ1) is 27.2. The summed E-state index contributed by atoms with van der Waals surface area (Å²) in [6, 6.07) is 28.3. The zero-order valence-corrected chi connectivity index (χ0v) is 22.1. The van der Waals surface area contributed by atoms with E-state index in [9.17, 15) is 9.59 Å². The number of rotatable bonds is 5. The highest BCUT2D eigenvalue weighted by Gasteiger charge is 2.15. The second kappa shape index (κ2) is 13.1. The maximum absolute atomic E-state index is 12.0. The summed E-state index contributed by atoms with van der Waals surface area (Å²) >= 11 is 5.94. The molecule has 0 atom stereocenters. The SMILES string of the molecule is COC(=O)c1ccc(-c2ccccc2)cc1-c1cccnc1.COC(=O)c1ccc(Cl)cc1-c1cccnc1. The lowest BCUT2D eigenvalue weighted by molar-refractivity contribution is 0.0592. The van der Waals surface area contributed by atoms with Gasteiger partial charge in [-0.15, -0.1) is 0 Å². The van der Waals surface area contributed by atoms with Crippen molar-refractivity contribution in [2.24, 2.45) is 0 Å². The van der Waals surface area contributed by atoms with Crippen molar-refractivity contribution >= 4 is 23.5 Å². The van der Waals surface area contributed by atoms with Crippen molar-refractivity contribution in [1.82, 2.24) is 9.97 Å². The summed E-state index contributed by atoms with van der Waals surface area (Å²) in [5, 5.41) is 0.566. The zero-order valence-electron chi connectivity index (χ0n) is 21.4. The minimum atomic E-state index is -0.388. The van der Waals surface area contributed by atoms with Crippen LogP contribution in [0.15, 0.2) is 116 Å². The van der Waals surface area contributed by atoms with Gasteiger partial charge in [0.15, 0.2) is 0 Å². The van der Waals surface area contributed by atoms with Crippen LogP contribution in [0, 0.1) is 0 Å². The second-order valence-corrected chi connectivity index (χ2v) is 8.72. The molecule has 6 nitrogen and oxygen atoms in total. The summed E-state index contributed by atoms with van der Waals surface area (Å²) in [7, 11) is 2.74. The Kier molecular flexibility index (Phi) is 9.16. The number of hydrogen-bond acceptors (Lipinski definition) is 6. The van der Waals surface area contributed by atoms with E-state index in [0.29, 0.717) is 16.1 Å². The van der Waals surface area contributed by atoms with Crippen LogP contribution in [-0.2, 0) is 9.47 Å². The number of nitrogens with zero attached hydrogens (tertiary/aromatic N) is 2. The summed E-state index contributed by atoms with van der Waals surface area (Å²) in [6.45, 7) is 0. The number of carbonyl (C=O) groups is 2. The third-order valence-corrected chi connectivity index (χ3v) is 6.10. The van der Waals surface area contributed by atoms with Crippen molar-refractivity contribution < 1.29 is 19.1 Å². The molecule has 2 aromatic heterocycles. The summed E-state index contributed by atoms with van der Waals surface area (Å²) in [5.74, 6) is -0.737. The Balaban J connectivity index is 0.000000187. The minimum absolute atomic E-state index is 0.349. The quantitative estimate of drug-likeness (QED) is 0.218. The van der Waals surface area contributed by atoms with Crippen LogP contribution in [0.5, 0.6) is 0 Å². The highest BCUT2D eigenvalue weighted by Crippen LogP contribution is 2.30. The normalized spacial score (nSPS) is 10.1. The lowest BCUT2D eigenvalue weighted by Crippen LogP contribution is -2.03. The van der Waals surface area contributed by atoms with Crippen molar-refractivity contribution in [2.45, 2.75) is 0 Å². The smallest absolute Gasteiger partial charge is 0.338 e. The first-order chi connectivity index (χ1) is 19.0. The number of carbonyl (C=O) groups excluding carboxylic acids is 2. The minimum Gasteiger partial charge on any atom is -0.465 e. The monoisotopic (exact) mass is 536 g/mol. The van der Waals surface area contributed by atoms with E-state index in [1.807, 2.05) is 60.7 Å². The van der Waals surface area contributed by atoms with Crippen LogP contribution in [0.3, 0.4) is 0 Å². The molecule has 0 aliphatic carbocycles. The predicted molar refractivity (Wildman–Crippen MR) is 152 cm³/mol. The Labute approximate surface area is 231 Å². The van der Waals surface area contributed by atoms with Crippen LogP contribution in [0.2, 0.25) is 5.02 Å². The first-order valence-electron chi connectivity index (χ1n) is 12.0. The lowest BCUT2D eigenvalue weighted by atomic mass is 9.95. The van der Waals surface area contributed by atoms with Gasteiger partial charge >= 0.3 is 11.9 Å². The van der Waals surface area contributed by atoms with E-state index in [2.05, 4.69) is 9.97 Å². The lowest BCUT2D eigenvalue weighted by Gasteiger charge is -2.11. The maximum atomic E-state index is 12.0. The van der Waals surface area contributed by atoms with Crippen LogP contribution >= 0.6 is 11.6 Å². The fraction of sp³-hybridized carbons (Fsp3) is 0.0625. The van der Waals surface area contributed by atoms with Crippen molar-refractivity contribution in [3.05, 3.63) is 132 Å². The molecule has 0 fully saturated rings. The average Bonchev–Trinajstić information content (AvgIpc) is 3.01. The number of benzene rings is 3. The molecule has 0 aliphatic heterocycles. The van der Waals surface area contributed by atoms with E-state index in [-0.39, 0.29) is 11.9 Å². The van der Waals surface area contributed by atoms with Crippen molar-refractivity contribution in [3.8, 4) is 33.4 Å². The Morgan fingerprint density at radius 3 is 1.62 bits per heavy atom. The van der Waals surface area contributed by atoms with Gasteiger partial charge < -0.3 is 9.47 Å². The van der Waals surface area contributed by atoms with Gasteiger partial charge in [-0.05, 0) is 64.7 Å². The van der Waals surface area contributed by atoms with Crippen LogP contribution in [0.25, 0.3) is 33.4 Å². The number of pyridine rings is 2. The molecule has 5 aromatic rings. The molecule has 0 spiro atoms. The van der Waals surface area contributed by atoms with E-state index >= 15 is 0 Å². The topological polar surface area (TPSA) is 78.4 Å². The molecule has 0 saturated carbocycles. The summed E-state index contributed by atoms with van der Waals surface area (Å²) in [4.78, 5) is 31.8. The third-order valence-electron chi connectivity index (χ3n) is 5.86. The van der Waals surface area contributed by atoms with Crippen LogP contribution in [0.4, 0.5) is 0 Å². The van der Waals surface area contributed by atoms with Gasteiger partial charge in [0.2, 0.25) is 0 Å². The highest BCUT2D eigenvalue weighted by atomic mass is 35.5. The fourth-order valence-electron chi connectivity index (χ4n) is 3.97. The number of ether oxygens (including phenoxy) is 2. The largest absolute Gasteiger partial charge is 0.465 e. The molecule has 39 heavy (non-hydrogen) atoms. The average molecular weight is 537 g/mol. The van der Waals surface area contributed by atoms with Crippen LogP contribution in [0.1, 0.15) is 20.7 Å². The van der Waals surface area contributed by atoms with Gasteiger partial charge in [-0.3, -0.25) is 9.97 Å². The fourth-order valence-corrected chi connectivity index (χ4v) is 4.14. The van der Waals surface area contributed by atoms with Gasteiger partial charge in [-0.25, -0.2) is 9.59 Å². The number of esters is 2. The van der Waals surface area contributed by atoms with Gasteiger partial charge in [0.1, 0.15) is 0 Å². The molecule has 0 saturated heterocycles. The molecule has 2 heterocycles. The molecule has 194 valence electrons. The molecular formula is C32H25ClN2O4. The van der Waals surface area contributed by atoms with Gasteiger partial charge in [-0.2, -0.15) is 0 Å². The molecule has 7 heteroatoms. The van der Waals surface area contributed by atoms with Gasteiger partial charge in [0.25, 0.3) is 0 Å². The molecule has 0 radical (unpaired) electrons. The number of hydrogen-bond donors (Lipinski definition) is 0. The van der Waals surface area contributed by atoms with E-state index in [4.69, 9.17) is 21.1 Å². The summed E-state index contributed by atoms with van der Waals surface area (Å²) in [6.07, 6.45) is 6.81. The van der Waals surface area contributed by atoms with Gasteiger partial charge in [0.05, 0.1) is 25.3 Å². The van der Waals surface area contributed by atoms with E-state index < -0.39 is 0 Å². The molecule has 0 bridgehead atoms. The summed E-state index contributed by atoms with van der Waals surface area (Å²) in [5.41, 5.74) is 6.42. The number of halogens is 1. The molecule has 0 aliphatic rings. The Morgan fingerprint density at radius 2 is 1.10 bits per heavy atom. The molecule has 0 unspecified atom stereocenters. The Bertz CT molecular complexity index is 1560. The van der Waals surface area contributed by atoms with Gasteiger partial charge in [0, 0.05) is 40.9 Å². The molecule has 0 amide bonds. The molecular weight excluding hydrogens is 512 g/mol. The second-order valence-electron chi connectivity index (χ2n) is 8.28. The van der Waals surface area contributed by atoms with E-state index in [0.717, 1.165) is 33.4 Å².